The van der Waals surface area contributed by atoms with Crippen molar-refractivity contribution in [2.24, 2.45) is 0 Å². The van der Waals surface area contributed by atoms with Crippen molar-refractivity contribution < 1.29 is 22.3 Å². The number of nitrogen functional groups attached to an aromatic ring is 1. The van der Waals surface area contributed by atoms with Crippen LogP contribution in [0.5, 0.6) is 5.75 Å². The summed E-state index contributed by atoms with van der Waals surface area (Å²) in [4.78, 5) is 3.78. The van der Waals surface area contributed by atoms with E-state index in [9.17, 15) is 17.6 Å². The largest absolute Gasteiger partial charge is 0.429 e. The van der Waals surface area contributed by atoms with E-state index in [1.807, 2.05) is 0 Å². The molecule has 1 aromatic carbocycles. The molecule has 0 spiro atoms. The van der Waals surface area contributed by atoms with Crippen LogP contribution in [-0.2, 0) is 0 Å². The lowest BCUT2D eigenvalue weighted by Gasteiger charge is -2.09. The summed E-state index contributed by atoms with van der Waals surface area (Å²) >= 11 is 1.05. The lowest BCUT2D eigenvalue weighted by atomic mass is 10.1. The molecule has 0 saturated carbocycles. The van der Waals surface area contributed by atoms with Crippen LogP contribution in [-0.4, -0.2) is 11.6 Å². The lowest BCUT2D eigenvalue weighted by molar-refractivity contribution is -0.0545. The quantitative estimate of drug-likeness (QED) is 0.876. The van der Waals surface area contributed by atoms with Crippen molar-refractivity contribution in [2.45, 2.75) is 6.61 Å². The second-order valence-corrected chi connectivity index (χ2v) is 4.08. The molecule has 0 bridgehead atoms. The maximum absolute atomic E-state index is 13.8. The third kappa shape index (κ3) is 2.37. The fraction of sp³-hybridized carbons (Fsp3) is 0.100. The van der Waals surface area contributed by atoms with Gasteiger partial charge >= 0.3 is 6.61 Å². The SMILES string of the molecule is Nc1nc(-c2ccc(F)c(OC(F)F)c2F)cs1. The van der Waals surface area contributed by atoms with E-state index in [4.69, 9.17) is 5.73 Å². The highest BCUT2D eigenvalue weighted by Gasteiger charge is 2.20. The predicted octanol–water partition coefficient (Wildman–Crippen LogP) is 3.27. The first-order valence-corrected chi connectivity index (χ1v) is 5.51. The second-order valence-electron chi connectivity index (χ2n) is 3.19. The van der Waals surface area contributed by atoms with E-state index in [1.54, 1.807) is 0 Å². The van der Waals surface area contributed by atoms with E-state index >= 15 is 0 Å². The molecule has 0 amide bonds. The number of aromatic nitrogens is 1. The molecule has 2 rings (SSSR count). The van der Waals surface area contributed by atoms with Crippen molar-refractivity contribution >= 4 is 16.5 Å². The Morgan fingerprint density at radius 2 is 2.00 bits per heavy atom. The first-order chi connectivity index (χ1) is 8.49. The van der Waals surface area contributed by atoms with Gasteiger partial charge in [-0.25, -0.2) is 13.8 Å². The number of nitrogens with zero attached hydrogens (tertiary/aromatic N) is 1. The number of anilines is 1. The molecule has 8 heteroatoms. The fourth-order valence-corrected chi connectivity index (χ4v) is 1.90. The average Bonchev–Trinajstić information content (AvgIpc) is 2.70. The number of ether oxygens (including phenoxy) is 1. The molecule has 0 aliphatic carbocycles. The number of hydrogen-bond donors (Lipinski definition) is 1. The zero-order chi connectivity index (χ0) is 13.3. The Morgan fingerprint density at radius 3 is 2.56 bits per heavy atom. The molecule has 0 unspecified atom stereocenters. The molecule has 0 fully saturated rings. The van der Waals surface area contributed by atoms with Crippen LogP contribution < -0.4 is 10.5 Å². The maximum Gasteiger partial charge on any atom is 0.387 e. The Bertz CT molecular complexity index is 573. The molecule has 18 heavy (non-hydrogen) atoms. The molecular formula is C10H6F4N2OS. The van der Waals surface area contributed by atoms with Crippen LogP contribution in [0, 0.1) is 11.6 Å². The fourth-order valence-electron chi connectivity index (χ4n) is 1.34. The molecular weight excluding hydrogens is 272 g/mol. The maximum atomic E-state index is 13.8. The number of nitrogens with two attached hydrogens (primary N) is 1. The summed E-state index contributed by atoms with van der Waals surface area (Å²) in [6.07, 6.45) is 0. The number of thiazole rings is 1. The zero-order valence-corrected chi connectivity index (χ0v) is 9.48. The Hall–Kier alpha value is -1.83. The minimum atomic E-state index is -3.32. The van der Waals surface area contributed by atoms with Crippen LogP contribution in [0.3, 0.4) is 0 Å². The Balaban J connectivity index is 2.50. The molecule has 2 N–H and O–H groups in total. The van der Waals surface area contributed by atoms with Gasteiger partial charge in [0.05, 0.1) is 5.69 Å². The van der Waals surface area contributed by atoms with Gasteiger partial charge in [-0.2, -0.15) is 8.78 Å². The first kappa shape index (κ1) is 12.6. The first-order valence-electron chi connectivity index (χ1n) is 4.63. The third-order valence-electron chi connectivity index (χ3n) is 2.05. The lowest BCUT2D eigenvalue weighted by Crippen LogP contribution is -2.06. The molecule has 96 valence electrons. The van der Waals surface area contributed by atoms with Gasteiger partial charge in [0.15, 0.2) is 22.5 Å². The summed E-state index contributed by atoms with van der Waals surface area (Å²) in [5.74, 6) is -3.57. The van der Waals surface area contributed by atoms with Gasteiger partial charge in [-0.1, -0.05) is 0 Å². The molecule has 2 aromatic rings. The van der Waals surface area contributed by atoms with Gasteiger partial charge in [0, 0.05) is 10.9 Å². The van der Waals surface area contributed by atoms with E-state index in [2.05, 4.69) is 9.72 Å². The minimum absolute atomic E-state index is 0.133. The van der Waals surface area contributed by atoms with Crippen LogP contribution in [0.4, 0.5) is 22.7 Å². The third-order valence-corrected chi connectivity index (χ3v) is 2.73. The van der Waals surface area contributed by atoms with Gasteiger partial charge in [0.1, 0.15) is 0 Å². The van der Waals surface area contributed by atoms with Crippen LogP contribution in [0.2, 0.25) is 0 Å². The number of hydrogen-bond acceptors (Lipinski definition) is 4. The molecule has 0 saturated heterocycles. The normalized spacial score (nSPS) is 10.9. The molecule has 1 heterocycles. The highest BCUT2D eigenvalue weighted by atomic mass is 32.1. The van der Waals surface area contributed by atoms with Crippen LogP contribution in [0.15, 0.2) is 17.5 Å². The monoisotopic (exact) mass is 278 g/mol. The van der Waals surface area contributed by atoms with Crippen molar-refractivity contribution in [3.8, 4) is 17.0 Å². The summed E-state index contributed by atoms with van der Waals surface area (Å²) in [5.41, 5.74) is 5.35. The van der Waals surface area contributed by atoms with E-state index in [1.165, 1.54) is 5.38 Å². The van der Waals surface area contributed by atoms with Gasteiger partial charge in [0.25, 0.3) is 0 Å². The summed E-state index contributed by atoms with van der Waals surface area (Å²) in [6, 6.07) is 1.91. The summed E-state index contributed by atoms with van der Waals surface area (Å²) in [6.45, 7) is -3.32. The van der Waals surface area contributed by atoms with Gasteiger partial charge in [-0.05, 0) is 12.1 Å². The van der Waals surface area contributed by atoms with Crippen molar-refractivity contribution in [3.05, 3.63) is 29.1 Å². The Kier molecular flexibility index (Phi) is 3.37. The Labute approximate surface area is 103 Å². The zero-order valence-electron chi connectivity index (χ0n) is 8.66. The molecule has 0 aliphatic heterocycles. The van der Waals surface area contributed by atoms with E-state index in [0.717, 1.165) is 23.5 Å². The highest BCUT2D eigenvalue weighted by Crippen LogP contribution is 2.33. The van der Waals surface area contributed by atoms with Crippen molar-refractivity contribution in [2.75, 3.05) is 5.73 Å². The number of halogens is 4. The standard InChI is InChI=1S/C10H6F4N2OS/c11-5-2-1-4(6-3-18-10(15)16-6)7(12)8(5)17-9(13)14/h1-3,9H,(H2,15,16). The number of benzene rings is 1. The predicted molar refractivity (Wildman–Crippen MR) is 58.5 cm³/mol. The topological polar surface area (TPSA) is 48.1 Å². The van der Waals surface area contributed by atoms with E-state index in [0.29, 0.717) is 0 Å². The second kappa shape index (κ2) is 4.81. The average molecular weight is 278 g/mol. The van der Waals surface area contributed by atoms with Gasteiger partial charge in [-0.3, -0.25) is 0 Å². The van der Waals surface area contributed by atoms with Crippen molar-refractivity contribution in [3.63, 3.8) is 0 Å². The molecule has 0 radical (unpaired) electrons. The van der Waals surface area contributed by atoms with Crippen LogP contribution >= 0.6 is 11.3 Å². The van der Waals surface area contributed by atoms with Crippen molar-refractivity contribution in [1.82, 2.24) is 4.98 Å². The van der Waals surface area contributed by atoms with Gasteiger partial charge in [-0.15, -0.1) is 11.3 Å². The number of rotatable bonds is 3. The van der Waals surface area contributed by atoms with E-state index in [-0.39, 0.29) is 16.4 Å². The molecule has 0 aliphatic rings. The summed E-state index contributed by atoms with van der Waals surface area (Å²) in [5, 5.41) is 1.61. The van der Waals surface area contributed by atoms with Gasteiger partial charge in [0.2, 0.25) is 0 Å². The molecule has 3 nitrogen and oxygen atoms in total. The molecule has 1 aromatic heterocycles. The van der Waals surface area contributed by atoms with E-state index < -0.39 is 24.0 Å². The summed E-state index contributed by atoms with van der Waals surface area (Å²) in [7, 11) is 0. The summed E-state index contributed by atoms with van der Waals surface area (Å²) < 4.78 is 54.9. The smallest absolute Gasteiger partial charge is 0.387 e. The van der Waals surface area contributed by atoms with Crippen LogP contribution in [0.1, 0.15) is 0 Å². The minimum Gasteiger partial charge on any atom is -0.429 e. The number of alkyl halides is 2. The van der Waals surface area contributed by atoms with Crippen molar-refractivity contribution in [1.29, 1.82) is 0 Å². The highest BCUT2D eigenvalue weighted by molar-refractivity contribution is 7.13. The van der Waals surface area contributed by atoms with Gasteiger partial charge < -0.3 is 10.5 Å². The molecule has 0 atom stereocenters. The Morgan fingerprint density at radius 1 is 1.28 bits per heavy atom. The van der Waals surface area contributed by atoms with Crippen LogP contribution in [0.25, 0.3) is 11.3 Å².